The molecule has 0 bridgehead atoms. The van der Waals surface area contributed by atoms with Gasteiger partial charge in [0, 0.05) is 13.2 Å². The Balaban J connectivity index is 2.02. The maximum atomic E-state index is 5.72. The molecule has 0 amide bonds. The molecule has 1 fully saturated rings. The summed E-state index contributed by atoms with van der Waals surface area (Å²) in [5.74, 6) is 0. The van der Waals surface area contributed by atoms with E-state index < -0.39 is 0 Å². The molecule has 3 heteroatoms. The van der Waals surface area contributed by atoms with E-state index in [1.54, 1.807) is 7.11 Å². The normalized spacial score (nSPS) is 26.8. The van der Waals surface area contributed by atoms with Crippen molar-refractivity contribution in [2.24, 2.45) is 0 Å². The first-order valence-corrected chi connectivity index (χ1v) is 6.20. The van der Waals surface area contributed by atoms with Crippen LogP contribution in [0, 0.1) is 0 Å². The monoisotopic (exact) mass is 215 g/mol. The molecule has 3 nitrogen and oxygen atoms in total. The lowest BCUT2D eigenvalue weighted by Gasteiger charge is -2.29. The second-order valence-corrected chi connectivity index (χ2v) is 4.29. The van der Waals surface area contributed by atoms with Crippen molar-refractivity contribution in [3.8, 4) is 0 Å². The van der Waals surface area contributed by atoms with Crippen LogP contribution in [0.2, 0.25) is 0 Å². The predicted molar refractivity (Wildman–Crippen MR) is 62.2 cm³/mol. The summed E-state index contributed by atoms with van der Waals surface area (Å²) < 4.78 is 10.7. The highest BCUT2D eigenvalue weighted by Crippen LogP contribution is 2.21. The molecule has 1 N–H and O–H groups in total. The Labute approximate surface area is 93.5 Å². The lowest BCUT2D eigenvalue weighted by molar-refractivity contribution is -0.00421. The van der Waals surface area contributed by atoms with Gasteiger partial charge in [-0.05, 0) is 38.6 Å². The van der Waals surface area contributed by atoms with Gasteiger partial charge in [-0.3, -0.25) is 0 Å². The summed E-state index contributed by atoms with van der Waals surface area (Å²) in [6.07, 6.45) is 6.62. The quantitative estimate of drug-likeness (QED) is 0.659. The third-order valence-corrected chi connectivity index (χ3v) is 3.00. The molecule has 0 aromatic rings. The van der Waals surface area contributed by atoms with Crippen molar-refractivity contribution in [1.29, 1.82) is 0 Å². The van der Waals surface area contributed by atoms with Crippen LogP contribution in [-0.2, 0) is 9.47 Å². The summed E-state index contributed by atoms with van der Waals surface area (Å²) in [5.41, 5.74) is 0. The molecule has 1 aliphatic carbocycles. The minimum Gasteiger partial charge on any atom is -0.382 e. The molecule has 0 aliphatic heterocycles. The molecule has 90 valence electrons. The van der Waals surface area contributed by atoms with Crippen LogP contribution >= 0.6 is 0 Å². The molecule has 0 aromatic heterocycles. The number of hydrogen-bond donors (Lipinski definition) is 1. The third kappa shape index (κ3) is 5.50. The van der Waals surface area contributed by atoms with Gasteiger partial charge in [0.15, 0.2) is 0 Å². The Morgan fingerprint density at radius 3 is 2.47 bits per heavy atom. The minimum atomic E-state index is 0.472. The predicted octanol–water partition coefficient (Wildman–Crippen LogP) is 1.96. The van der Waals surface area contributed by atoms with Crippen LogP contribution in [-0.4, -0.2) is 39.0 Å². The number of nitrogens with one attached hydrogen (secondary N) is 1. The highest BCUT2D eigenvalue weighted by molar-refractivity contribution is 4.77. The second-order valence-electron chi connectivity index (χ2n) is 4.29. The number of hydrogen-bond acceptors (Lipinski definition) is 3. The maximum Gasteiger partial charge on any atom is 0.0704 e. The van der Waals surface area contributed by atoms with Gasteiger partial charge in [-0.15, -0.1) is 0 Å². The topological polar surface area (TPSA) is 30.5 Å². The van der Waals surface area contributed by atoms with Gasteiger partial charge in [0.2, 0.25) is 0 Å². The molecule has 15 heavy (non-hydrogen) atoms. The van der Waals surface area contributed by atoms with E-state index in [-0.39, 0.29) is 0 Å². The first-order valence-electron chi connectivity index (χ1n) is 6.20. The fraction of sp³-hybridized carbons (Fsp3) is 1.00. The van der Waals surface area contributed by atoms with Gasteiger partial charge in [-0.25, -0.2) is 0 Å². The van der Waals surface area contributed by atoms with E-state index in [0.717, 1.165) is 19.2 Å². The Morgan fingerprint density at radius 1 is 1.13 bits per heavy atom. The van der Waals surface area contributed by atoms with Crippen molar-refractivity contribution >= 4 is 0 Å². The van der Waals surface area contributed by atoms with Crippen molar-refractivity contribution < 1.29 is 9.47 Å². The fourth-order valence-corrected chi connectivity index (χ4v) is 2.08. The van der Waals surface area contributed by atoms with Crippen molar-refractivity contribution in [3.05, 3.63) is 0 Å². The molecule has 0 radical (unpaired) electrons. The molecule has 1 aliphatic rings. The summed E-state index contributed by atoms with van der Waals surface area (Å²) in [4.78, 5) is 0. The number of methoxy groups -OCH3 is 1. The maximum absolute atomic E-state index is 5.72. The van der Waals surface area contributed by atoms with Gasteiger partial charge in [0.05, 0.1) is 19.3 Å². The van der Waals surface area contributed by atoms with Crippen LogP contribution in [0.3, 0.4) is 0 Å². The highest BCUT2D eigenvalue weighted by Gasteiger charge is 2.20. The first-order chi connectivity index (χ1) is 7.36. The average molecular weight is 215 g/mol. The molecule has 0 atom stereocenters. The first kappa shape index (κ1) is 12.9. The molecule has 0 heterocycles. The Kier molecular flexibility index (Phi) is 6.98. The molecule has 0 aromatic carbocycles. The van der Waals surface area contributed by atoms with Gasteiger partial charge in [0.25, 0.3) is 0 Å². The highest BCUT2D eigenvalue weighted by atomic mass is 16.5. The van der Waals surface area contributed by atoms with Crippen LogP contribution in [0.1, 0.15) is 39.0 Å². The van der Waals surface area contributed by atoms with E-state index >= 15 is 0 Å². The van der Waals surface area contributed by atoms with Gasteiger partial charge >= 0.3 is 0 Å². The van der Waals surface area contributed by atoms with E-state index in [4.69, 9.17) is 9.47 Å². The Bertz CT molecular complexity index is 145. The third-order valence-electron chi connectivity index (χ3n) is 3.00. The molecule has 0 saturated heterocycles. The Hall–Kier alpha value is -0.120. The van der Waals surface area contributed by atoms with Crippen LogP contribution in [0.4, 0.5) is 0 Å². The summed E-state index contributed by atoms with van der Waals surface area (Å²) in [5, 5.41) is 3.58. The summed E-state index contributed by atoms with van der Waals surface area (Å²) in [7, 11) is 1.72. The zero-order chi connectivity index (χ0) is 10.9. The zero-order valence-corrected chi connectivity index (χ0v) is 10.1. The van der Waals surface area contributed by atoms with Crippen molar-refractivity contribution in [3.63, 3.8) is 0 Å². The molecule has 1 rings (SSSR count). The molecule has 0 unspecified atom stereocenters. The summed E-state index contributed by atoms with van der Waals surface area (Å²) >= 11 is 0. The van der Waals surface area contributed by atoms with Crippen molar-refractivity contribution in [2.75, 3.05) is 26.9 Å². The van der Waals surface area contributed by atoms with Crippen molar-refractivity contribution in [2.45, 2.75) is 51.2 Å². The lowest BCUT2D eigenvalue weighted by atomic mass is 9.93. The van der Waals surface area contributed by atoms with E-state index in [9.17, 15) is 0 Å². The van der Waals surface area contributed by atoms with Gasteiger partial charge < -0.3 is 14.8 Å². The molecular formula is C12H25NO2. The standard InChI is InChI=1S/C12H25NO2/c1-3-8-13-11-4-6-12(7-5-11)15-10-9-14-2/h11-13H,3-10H2,1-2H3/t11-,12+. The zero-order valence-electron chi connectivity index (χ0n) is 10.1. The van der Waals surface area contributed by atoms with E-state index in [1.807, 2.05) is 0 Å². The van der Waals surface area contributed by atoms with Crippen LogP contribution in [0.25, 0.3) is 0 Å². The van der Waals surface area contributed by atoms with Crippen LogP contribution in [0.5, 0.6) is 0 Å². The van der Waals surface area contributed by atoms with Crippen LogP contribution in [0.15, 0.2) is 0 Å². The number of ether oxygens (including phenoxy) is 2. The van der Waals surface area contributed by atoms with E-state index in [2.05, 4.69) is 12.2 Å². The molecule has 0 spiro atoms. The van der Waals surface area contributed by atoms with Gasteiger partial charge in [0.1, 0.15) is 0 Å². The largest absolute Gasteiger partial charge is 0.382 e. The van der Waals surface area contributed by atoms with Crippen molar-refractivity contribution in [1.82, 2.24) is 5.32 Å². The average Bonchev–Trinajstić information content (AvgIpc) is 2.28. The fourth-order valence-electron chi connectivity index (χ4n) is 2.08. The van der Waals surface area contributed by atoms with Gasteiger partial charge in [-0.2, -0.15) is 0 Å². The SMILES string of the molecule is CCCN[C@H]1CC[C@@H](OCCOC)CC1. The van der Waals surface area contributed by atoms with Crippen LogP contribution < -0.4 is 5.32 Å². The smallest absolute Gasteiger partial charge is 0.0704 e. The molecular weight excluding hydrogens is 190 g/mol. The summed E-state index contributed by atoms with van der Waals surface area (Å²) in [6.45, 7) is 4.83. The Morgan fingerprint density at radius 2 is 1.87 bits per heavy atom. The van der Waals surface area contributed by atoms with E-state index in [1.165, 1.54) is 32.1 Å². The number of rotatable bonds is 7. The molecule has 1 saturated carbocycles. The summed E-state index contributed by atoms with van der Waals surface area (Å²) in [6, 6.07) is 0.729. The van der Waals surface area contributed by atoms with E-state index in [0.29, 0.717) is 12.7 Å². The minimum absolute atomic E-state index is 0.472. The lowest BCUT2D eigenvalue weighted by Crippen LogP contribution is -2.36. The second kappa shape index (κ2) is 8.08. The van der Waals surface area contributed by atoms with Gasteiger partial charge in [-0.1, -0.05) is 6.92 Å².